The first-order valence-corrected chi connectivity index (χ1v) is 8.35. The Hall–Kier alpha value is -2.80. The van der Waals surface area contributed by atoms with E-state index in [0.717, 1.165) is 23.3 Å². The summed E-state index contributed by atoms with van der Waals surface area (Å²) in [5.74, 6) is 0.0711. The normalized spacial score (nSPS) is 11.4. The number of hydrogen-bond acceptors (Lipinski definition) is 3. The molecule has 0 aliphatic carbocycles. The van der Waals surface area contributed by atoms with Crippen molar-refractivity contribution in [2.45, 2.75) is 12.6 Å². The third-order valence-electron chi connectivity index (χ3n) is 3.86. The molecular weight excluding hydrogens is 381 g/mol. The van der Waals surface area contributed by atoms with E-state index in [-0.39, 0.29) is 17.5 Å². The number of benzene rings is 2. The molecule has 0 saturated carbocycles. The van der Waals surface area contributed by atoms with Crippen molar-refractivity contribution >= 4 is 11.6 Å². The molecule has 0 radical (unpaired) electrons. The molecule has 3 rings (SSSR count). The van der Waals surface area contributed by atoms with Crippen molar-refractivity contribution < 1.29 is 17.9 Å². The van der Waals surface area contributed by atoms with Gasteiger partial charge in [0.1, 0.15) is 5.02 Å². The van der Waals surface area contributed by atoms with Crippen LogP contribution in [0, 0.1) is 0 Å². The topological polar surface area (TPSA) is 55.0 Å². The van der Waals surface area contributed by atoms with E-state index in [2.05, 4.69) is 9.97 Å². The van der Waals surface area contributed by atoms with Crippen molar-refractivity contribution in [2.24, 2.45) is 0 Å². The van der Waals surface area contributed by atoms with Crippen molar-refractivity contribution in [1.29, 1.82) is 0 Å². The van der Waals surface area contributed by atoms with Gasteiger partial charge in [0, 0.05) is 12.6 Å². The predicted octanol–water partition coefficient (Wildman–Crippen LogP) is 4.73. The lowest BCUT2D eigenvalue weighted by Crippen LogP contribution is -2.12. The van der Waals surface area contributed by atoms with E-state index in [9.17, 15) is 18.0 Å². The second-order valence-electron chi connectivity index (χ2n) is 5.73. The summed E-state index contributed by atoms with van der Waals surface area (Å²) in [5, 5.41) is 0.215. The van der Waals surface area contributed by atoms with Gasteiger partial charge in [-0.2, -0.15) is 18.2 Å². The third-order valence-corrected chi connectivity index (χ3v) is 4.13. The Balaban J connectivity index is 1.62. The molecule has 0 aliphatic heterocycles. The quantitative estimate of drug-likeness (QED) is 0.680. The molecule has 8 heteroatoms. The molecule has 0 bridgehead atoms. The monoisotopic (exact) mass is 394 g/mol. The van der Waals surface area contributed by atoms with Gasteiger partial charge >= 0.3 is 11.9 Å². The maximum absolute atomic E-state index is 12.6. The SMILES string of the molecule is O=c1nc(OCCc2ccc(-c3ccc(C(F)(F)F)cc3)cc2)c(Cl)c[nH]1. The van der Waals surface area contributed by atoms with Crippen molar-refractivity contribution in [3.8, 4) is 17.0 Å². The number of rotatable bonds is 5. The van der Waals surface area contributed by atoms with E-state index in [0.29, 0.717) is 12.0 Å². The fourth-order valence-corrected chi connectivity index (χ4v) is 2.60. The highest BCUT2D eigenvalue weighted by atomic mass is 35.5. The first-order valence-electron chi connectivity index (χ1n) is 7.97. The molecule has 0 unspecified atom stereocenters. The Kier molecular flexibility index (Phi) is 5.51. The zero-order chi connectivity index (χ0) is 19.4. The minimum absolute atomic E-state index is 0.0711. The summed E-state index contributed by atoms with van der Waals surface area (Å²) < 4.78 is 43.3. The van der Waals surface area contributed by atoms with E-state index >= 15 is 0 Å². The van der Waals surface area contributed by atoms with Crippen molar-refractivity contribution in [3.63, 3.8) is 0 Å². The van der Waals surface area contributed by atoms with Gasteiger partial charge in [0.15, 0.2) is 0 Å². The molecule has 0 saturated heterocycles. The molecule has 0 fully saturated rings. The lowest BCUT2D eigenvalue weighted by Gasteiger charge is -2.09. The maximum atomic E-state index is 12.6. The smallest absolute Gasteiger partial charge is 0.416 e. The molecule has 0 spiro atoms. The van der Waals surface area contributed by atoms with Crippen LogP contribution in [0.25, 0.3) is 11.1 Å². The number of hydrogen-bond donors (Lipinski definition) is 1. The van der Waals surface area contributed by atoms with E-state index < -0.39 is 17.4 Å². The molecule has 4 nitrogen and oxygen atoms in total. The van der Waals surface area contributed by atoms with E-state index in [1.807, 2.05) is 24.3 Å². The van der Waals surface area contributed by atoms with Crippen LogP contribution >= 0.6 is 11.6 Å². The van der Waals surface area contributed by atoms with Gasteiger partial charge in [0.25, 0.3) is 0 Å². The largest absolute Gasteiger partial charge is 0.476 e. The summed E-state index contributed by atoms with van der Waals surface area (Å²) in [4.78, 5) is 17.1. The number of nitrogens with zero attached hydrogens (tertiary/aromatic N) is 1. The van der Waals surface area contributed by atoms with Gasteiger partial charge in [0.05, 0.1) is 12.2 Å². The Bertz CT molecular complexity index is 968. The van der Waals surface area contributed by atoms with Gasteiger partial charge in [-0.1, -0.05) is 48.0 Å². The van der Waals surface area contributed by atoms with Crippen molar-refractivity contribution in [1.82, 2.24) is 9.97 Å². The van der Waals surface area contributed by atoms with Crippen molar-refractivity contribution in [2.75, 3.05) is 6.61 Å². The number of ether oxygens (including phenoxy) is 1. The maximum Gasteiger partial charge on any atom is 0.416 e. The van der Waals surface area contributed by atoms with Crippen LogP contribution in [-0.2, 0) is 12.6 Å². The van der Waals surface area contributed by atoms with E-state index in [4.69, 9.17) is 16.3 Å². The standard InChI is InChI=1S/C19H14ClF3N2O2/c20-16-11-24-18(26)25-17(16)27-10-9-12-1-3-13(4-2-12)14-5-7-15(8-6-14)19(21,22)23/h1-8,11H,9-10H2,(H,24,25,26). The van der Waals surface area contributed by atoms with Crippen molar-refractivity contribution in [3.05, 3.63) is 81.4 Å². The number of aromatic nitrogens is 2. The summed E-state index contributed by atoms with van der Waals surface area (Å²) in [7, 11) is 0. The number of aromatic amines is 1. The summed E-state index contributed by atoms with van der Waals surface area (Å²) >= 11 is 5.88. The summed E-state index contributed by atoms with van der Waals surface area (Å²) in [6.07, 6.45) is -2.48. The fraction of sp³-hybridized carbons (Fsp3) is 0.158. The summed E-state index contributed by atoms with van der Waals surface area (Å²) in [6, 6.07) is 12.4. The molecule has 140 valence electrons. The van der Waals surface area contributed by atoms with Crippen LogP contribution in [-0.4, -0.2) is 16.6 Å². The molecule has 27 heavy (non-hydrogen) atoms. The van der Waals surface area contributed by atoms with Crippen LogP contribution in [0.1, 0.15) is 11.1 Å². The van der Waals surface area contributed by atoms with Gasteiger partial charge in [-0.15, -0.1) is 0 Å². The summed E-state index contributed by atoms with van der Waals surface area (Å²) in [5.41, 5.74) is 1.26. The second kappa shape index (κ2) is 7.84. The van der Waals surface area contributed by atoms with Crippen LogP contribution < -0.4 is 10.4 Å². The van der Waals surface area contributed by atoms with Gasteiger partial charge in [-0.05, 0) is 28.8 Å². The van der Waals surface area contributed by atoms with Crippen LogP contribution in [0.2, 0.25) is 5.02 Å². The molecule has 1 N–H and O–H groups in total. The first kappa shape index (κ1) is 19.0. The second-order valence-corrected chi connectivity index (χ2v) is 6.14. The molecule has 1 heterocycles. The Morgan fingerprint density at radius 1 is 1.00 bits per heavy atom. The highest BCUT2D eigenvalue weighted by Gasteiger charge is 2.29. The zero-order valence-corrected chi connectivity index (χ0v) is 14.6. The lowest BCUT2D eigenvalue weighted by molar-refractivity contribution is -0.137. The first-order chi connectivity index (χ1) is 12.8. The Labute approximate surface area is 157 Å². The molecule has 0 atom stereocenters. The molecule has 2 aromatic carbocycles. The molecule has 3 aromatic rings. The highest BCUT2D eigenvalue weighted by molar-refractivity contribution is 6.31. The third kappa shape index (κ3) is 4.89. The average Bonchev–Trinajstić information content (AvgIpc) is 2.64. The minimum Gasteiger partial charge on any atom is -0.476 e. The Morgan fingerprint density at radius 3 is 2.19 bits per heavy atom. The Morgan fingerprint density at radius 2 is 1.59 bits per heavy atom. The number of nitrogens with one attached hydrogen (secondary N) is 1. The lowest BCUT2D eigenvalue weighted by atomic mass is 10.0. The van der Waals surface area contributed by atoms with Crippen LogP contribution in [0.3, 0.4) is 0 Å². The van der Waals surface area contributed by atoms with Crippen LogP contribution in [0.5, 0.6) is 5.88 Å². The molecule has 0 aliphatic rings. The fourth-order valence-electron chi connectivity index (χ4n) is 2.45. The summed E-state index contributed by atoms with van der Waals surface area (Å²) in [6.45, 7) is 0.274. The van der Waals surface area contributed by atoms with Gasteiger partial charge in [-0.3, -0.25) is 0 Å². The van der Waals surface area contributed by atoms with E-state index in [1.165, 1.54) is 18.3 Å². The minimum atomic E-state index is -4.34. The number of H-pyrrole nitrogens is 1. The van der Waals surface area contributed by atoms with Gasteiger partial charge < -0.3 is 9.72 Å². The molecule has 0 amide bonds. The zero-order valence-electron chi connectivity index (χ0n) is 13.9. The predicted molar refractivity (Wildman–Crippen MR) is 95.9 cm³/mol. The highest BCUT2D eigenvalue weighted by Crippen LogP contribution is 2.31. The van der Waals surface area contributed by atoms with Crippen LogP contribution in [0.4, 0.5) is 13.2 Å². The number of halogens is 4. The number of alkyl halides is 3. The molecule has 1 aromatic heterocycles. The van der Waals surface area contributed by atoms with Crippen LogP contribution in [0.15, 0.2) is 59.5 Å². The van der Waals surface area contributed by atoms with Gasteiger partial charge in [0.2, 0.25) is 5.88 Å². The molecular formula is C19H14ClF3N2O2. The average molecular weight is 395 g/mol. The van der Waals surface area contributed by atoms with E-state index in [1.54, 1.807) is 0 Å². The van der Waals surface area contributed by atoms with Gasteiger partial charge in [-0.25, -0.2) is 4.79 Å².